The minimum absolute atomic E-state index is 0.0743. The number of piperidine rings is 1. The molecule has 20 heavy (non-hydrogen) atoms. The summed E-state index contributed by atoms with van der Waals surface area (Å²) in [6.45, 7) is 5.01. The minimum Gasteiger partial charge on any atom is -0.391 e. The molecule has 4 nitrogen and oxygen atoms in total. The molecule has 0 radical (unpaired) electrons. The Bertz CT molecular complexity index is 491. The smallest absolute Gasteiger partial charge is 0.169 e. The van der Waals surface area contributed by atoms with Crippen LogP contribution in [0.25, 0.3) is 0 Å². The van der Waals surface area contributed by atoms with Crippen LogP contribution in [0.3, 0.4) is 0 Å². The van der Waals surface area contributed by atoms with Crippen LogP contribution in [-0.2, 0) is 11.3 Å². The van der Waals surface area contributed by atoms with Crippen molar-refractivity contribution in [1.29, 1.82) is 0 Å². The van der Waals surface area contributed by atoms with Gasteiger partial charge in [-0.2, -0.15) is 0 Å². The number of hydrogen-bond donors (Lipinski definition) is 1. The molecule has 5 heteroatoms. The van der Waals surface area contributed by atoms with Crippen molar-refractivity contribution in [1.82, 2.24) is 4.90 Å². The number of aliphatic hydroxyl groups is 1. The van der Waals surface area contributed by atoms with Gasteiger partial charge in [0.25, 0.3) is 0 Å². The van der Waals surface area contributed by atoms with Gasteiger partial charge >= 0.3 is 0 Å². The van der Waals surface area contributed by atoms with E-state index in [0.717, 1.165) is 43.8 Å². The van der Waals surface area contributed by atoms with Gasteiger partial charge in [-0.3, -0.25) is 9.69 Å². The van der Waals surface area contributed by atoms with Crippen LogP contribution < -0.4 is 0 Å². The van der Waals surface area contributed by atoms with Gasteiger partial charge in [0.05, 0.1) is 23.2 Å². The van der Waals surface area contributed by atoms with Gasteiger partial charge in [-0.25, -0.2) is 0 Å². The maximum Gasteiger partial charge on any atom is 0.169 e. The number of hydrogen-bond acceptors (Lipinski definition) is 5. The van der Waals surface area contributed by atoms with Crippen LogP contribution in [-0.4, -0.2) is 47.2 Å². The van der Waals surface area contributed by atoms with E-state index >= 15 is 0 Å². The number of ketones is 1. The number of carbonyl (C=O) groups is 1. The third kappa shape index (κ3) is 2.96. The lowest BCUT2D eigenvalue weighted by molar-refractivity contribution is -0.0456. The van der Waals surface area contributed by atoms with Crippen molar-refractivity contribution in [2.24, 2.45) is 0 Å². The lowest BCUT2D eigenvalue weighted by atomic mass is 9.88. The van der Waals surface area contributed by atoms with E-state index in [9.17, 15) is 9.90 Å². The molecule has 2 fully saturated rings. The molecule has 0 unspecified atom stereocenters. The van der Waals surface area contributed by atoms with Crippen molar-refractivity contribution >= 4 is 17.1 Å². The molecule has 1 spiro atoms. The maximum absolute atomic E-state index is 11.3. The van der Waals surface area contributed by atoms with E-state index in [1.807, 2.05) is 6.07 Å². The first kappa shape index (κ1) is 14.2. The van der Waals surface area contributed by atoms with E-state index in [1.165, 1.54) is 16.9 Å². The summed E-state index contributed by atoms with van der Waals surface area (Å²) in [5.74, 6) is 0.146. The quantitative estimate of drug-likeness (QED) is 0.867. The molecule has 0 aliphatic carbocycles. The number of rotatable bonds is 3. The summed E-state index contributed by atoms with van der Waals surface area (Å²) in [6.07, 6.45) is 2.49. The lowest BCUT2D eigenvalue weighted by Gasteiger charge is -2.38. The van der Waals surface area contributed by atoms with Gasteiger partial charge in [-0.05, 0) is 36.8 Å². The molecular weight excluding hydrogens is 274 g/mol. The van der Waals surface area contributed by atoms with Gasteiger partial charge in [0.1, 0.15) is 0 Å². The maximum atomic E-state index is 11.3. The van der Waals surface area contributed by atoms with Gasteiger partial charge in [0.15, 0.2) is 5.78 Å². The Morgan fingerprint density at radius 3 is 2.85 bits per heavy atom. The first-order valence-corrected chi connectivity index (χ1v) is 8.07. The number of nitrogens with zero attached hydrogens (tertiary/aromatic N) is 1. The highest BCUT2D eigenvalue weighted by molar-refractivity contribution is 7.12. The highest BCUT2D eigenvalue weighted by Gasteiger charge is 2.41. The Labute approximate surface area is 123 Å². The molecule has 0 bridgehead atoms. The predicted octanol–water partition coefficient (Wildman–Crippen LogP) is 2.07. The summed E-state index contributed by atoms with van der Waals surface area (Å²) < 4.78 is 5.81. The van der Waals surface area contributed by atoms with Crippen LogP contribution in [0.1, 0.15) is 41.4 Å². The molecule has 110 valence electrons. The second-order valence-electron chi connectivity index (χ2n) is 6.00. The molecule has 2 saturated heterocycles. The summed E-state index contributed by atoms with van der Waals surface area (Å²) >= 11 is 1.53. The zero-order chi connectivity index (χ0) is 14.2. The third-order valence-electron chi connectivity index (χ3n) is 4.36. The van der Waals surface area contributed by atoms with E-state index in [4.69, 9.17) is 4.74 Å². The summed E-state index contributed by atoms with van der Waals surface area (Å²) in [5.41, 5.74) is 1.15. The van der Waals surface area contributed by atoms with Crippen LogP contribution in [0.2, 0.25) is 0 Å². The van der Waals surface area contributed by atoms with E-state index in [-0.39, 0.29) is 17.5 Å². The van der Waals surface area contributed by atoms with Crippen molar-refractivity contribution in [3.8, 4) is 0 Å². The lowest BCUT2D eigenvalue weighted by Crippen LogP contribution is -2.43. The number of aliphatic hydroxyl groups excluding tert-OH is 1. The molecule has 1 atom stereocenters. The van der Waals surface area contributed by atoms with Crippen molar-refractivity contribution in [3.05, 3.63) is 21.9 Å². The normalized spacial score (nSPS) is 26.2. The van der Waals surface area contributed by atoms with Crippen molar-refractivity contribution in [2.45, 2.75) is 44.4 Å². The number of ether oxygens (including phenoxy) is 1. The molecule has 3 rings (SSSR count). The number of carbonyl (C=O) groups excluding carboxylic acids is 1. The molecular formula is C15H21NO3S. The fourth-order valence-electron chi connectivity index (χ4n) is 3.19. The Morgan fingerprint density at radius 2 is 2.30 bits per heavy atom. The first-order chi connectivity index (χ1) is 9.56. The number of likely N-dealkylation sites (tertiary alicyclic amines) is 1. The predicted molar refractivity (Wildman–Crippen MR) is 78.1 cm³/mol. The summed E-state index contributed by atoms with van der Waals surface area (Å²) in [6, 6.07) is 2.01. The highest BCUT2D eigenvalue weighted by atomic mass is 32.1. The van der Waals surface area contributed by atoms with Gasteiger partial charge in [0.2, 0.25) is 0 Å². The second-order valence-corrected chi connectivity index (χ2v) is 6.91. The fourth-order valence-corrected chi connectivity index (χ4v) is 3.99. The molecule has 0 saturated carbocycles. The van der Waals surface area contributed by atoms with Crippen LogP contribution >= 0.6 is 11.3 Å². The summed E-state index contributed by atoms with van der Waals surface area (Å²) in [5, 5.41) is 11.7. The van der Waals surface area contributed by atoms with Crippen molar-refractivity contribution < 1.29 is 14.6 Å². The number of thiophene rings is 1. The van der Waals surface area contributed by atoms with Crippen molar-refractivity contribution in [2.75, 3.05) is 19.7 Å². The SMILES string of the molecule is CC(=O)c1cc(CN2CCC3(CC2)C[C@H](O)CO3)cs1. The topological polar surface area (TPSA) is 49.8 Å². The fraction of sp³-hybridized carbons (Fsp3) is 0.667. The van der Waals surface area contributed by atoms with Crippen LogP contribution in [0.4, 0.5) is 0 Å². The molecule has 1 aromatic rings. The standard InChI is InChI=1S/C15H21NO3S/c1-11(17)14-6-12(10-20-14)8-16-4-2-15(3-5-16)7-13(18)9-19-15/h6,10,13,18H,2-5,7-9H2,1H3/t13-/m0/s1. The number of Topliss-reactive ketones (excluding diaryl/α,β-unsaturated/α-hetero) is 1. The van der Waals surface area contributed by atoms with E-state index in [1.54, 1.807) is 6.92 Å². The Balaban J connectivity index is 1.54. The molecule has 0 amide bonds. The zero-order valence-electron chi connectivity index (χ0n) is 11.8. The van der Waals surface area contributed by atoms with Gasteiger partial charge < -0.3 is 9.84 Å². The Morgan fingerprint density at radius 1 is 1.55 bits per heavy atom. The molecule has 2 aliphatic rings. The van der Waals surface area contributed by atoms with E-state index < -0.39 is 0 Å². The summed E-state index contributed by atoms with van der Waals surface area (Å²) in [4.78, 5) is 14.6. The molecule has 0 aromatic carbocycles. The van der Waals surface area contributed by atoms with E-state index in [0.29, 0.717) is 6.61 Å². The monoisotopic (exact) mass is 295 g/mol. The largest absolute Gasteiger partial charge is 0.391 e. The Hall–Kier alpha value is -0.750. The zero-order valence-corrected chi connectivity index (χ0v) is 12.6. The average molecular weight is 295 g/mol. The third-order valence-corrected chi connectivity index (χ3v) is 5.44. The molecule has 1 aromatic heterocycles. The van der Waals surface area contributed by atoms with Crippen LogP contribution in [0.15, 0.2) is 11.4 Å². The minimum atomic E-state index is -0.281. The Kier molecular flexibility index (Phi) is 3.95. The highest BCUT2D eigenvalue weighted by Crippen LogP contribution is 2.36. The molecule has 1 N–H and O–H groups in total. The first-order valence-electron chi connectivity index (χ1n) is 7.19. The van der Waals surface area contributed by atoms with Crippen LogP contribution in [0.5, 0.6) is 0 Å². The van der Waals surface area contributed by atoms with Gasteiger partial charge in [-0.1, -0.05) is 0 Å². The van der Waals surface area contributed by atoms with Crippen LogP contribution in [0, 0.1) is 0 Å². The second kappa shape index (κ2) is 5.56. The molecule has 2 aliphatic heterocycles. The van der Waals surface area contributed by atoms with E-state index in [2.05, 4.69) is 10.3 Å². The molecule has 3 heterocycles. The average Bonchev–Trinajstić information content (AvgIpc) is 3.01. The van der Waals surface area contributed by atoms with Gasteiger partial charge in [0, 0.05) is 26.1 Å². The van der Waals surface area contributed by atoms with Crippen molar-refractivity contribution in [3.63, 3.8) is 0 Å². The van der Waals surface area contributed by atoms with Gasteiger partial charge in [-0.15, -0.1) is 11.3 Å². The summed E-state index contributed by atoms with van der Waals surface area (Å²) in [7, 11) is 0.